The molecule has 3 rings (SSSR count). The molecule has 120 valence electrons. The van der Waals surface area contributed by atoms with Gasteiger partial charge in [-0.1, -0.05) is 43.6 Å². The van der Waals surface area contributed by atoms with E-state index in [9.17, 15) is 4.79 Å². The molecular weight excluding hydrogens is 312 g/mol. The highest BCUT2D eigenvalue weighted by atomic mass is 35.5. The molecule has 23 heavy (non-hydrogen) atoms. The summed E-state index contributed by atoms with van der Waals surface area (Å²) in [4.78, 5) is 24.9. The van der Waals surface area contributed by atoms with Gasteiger partial charge in [-0.15, -0.1) is 0 Å². The van der Waals surface area contributed by atoms with Crippen LogP contribution in [0.4, 0.5) is 0 Å². The van der Waals surface area contributed by atoms with Gasteiger partial charge in [0.15, 0.2) is 0 Å². The zero-order valence-electron chi connectivity index (χ0n) is 13.2. The van der Waals surface area contributed by atoms with Crippen LogP contribution in [0.2, 0.25) is 5.02 Å². The highest BCUT2D eigenvalue weighted by Gasteiger charge is 2.34. The van der Waals surface area contributed by atoms with Crippen molar-refractivity contribution in [3.05, 3.63) is 46.7 Å². The topological polar surface area (TPSA) is 48.3 Å². The molecule has 0 fully saturated rings. The van der Waals surface area contributed by atoms with Crippen LogP contribution in [0.1, 0.15) is 19.4 Å². The predicted molar refractivity (Wildman–Crippen MR) is 92.7 cm³/mol. The van der Waals surface area contributed by atoms with Crippen molar-refractivity contribution in [3.8, 4) is 0 Å². The fourth-order valence-corrected chi connectivity index (χ4v) is 2.79. The van der Waals surface area contributed by atoms with Gasteiger partial charge < -0.3 is 0 Å². The molecular formula is C17H19ClN4O. The van der Waals surface area contributed by atoms with Crippen molar-refractivity contribution in [1.82, 2.24) is 9.80 Å². The minimum Gasteiger partial charge on any atom is -0.296 e. The number of carbonyl (C=O) groups is 1. The van der Waals surface area contributed by atoms with Crippen LogP contribution in [0.3, 0.4) is 0 Å². The number of amides is 1. The maximum absolute atomic E-state index is 12.2. The Morgan fingerprint density at radius 1 is 1.39 bits per heavy atom. The van der Waals surface area contributed by atoms with Crippen LogP contribution in [-0.2, 0) is 4.79 Å². The Kier molecular flexibility index (Phi) is 4.48. The van der Waals surface area contributed by atoms with Gasteiger partial charge in [0.2, 0.25) is 5.96 Å². The van der Waals surface area contributed by atoms with Crippen molar-refractivity contribution in [1.29, 1.82) is 0 Å². The van der Waals surface area contributed by atoms with E-state index < -0.39 is 0 Å². The number of nitrogens with zero attached hydrogens (tertiary/aromatic N) is 4. The summed E-state index contributed by atoms with van der Waals surface area (Å²) in [5, 5.41) is 0.634. The molecule has 2 aliphatic rings. The lowest BCUT2D eigenvalue weighted by Gasteiger charge is -2.34. The van der Waals surface area contributed by atoms with Crippen LogP contribution in [0.25, 0.3) is 0 Å². The third-order valence-corrected chi connectivity index (χ3v) is 3.99. The Balaban J connectivity index is 1.93. The van der Waals surface area contributed by atoms with Crippen molar-refractivity contribution < 1.29 is 4.79 Å². The van der Waals surface area contributed by atoms with Crippen molar-refractivity contribution in [2.75, 3.05) is 19.6 Å². The number of guanidine groups is 1. The van der Waals surface area contributed by atoms with Gasteiger partial charge in [0, 0.05) is 36.0 Å². The first-order valence-corrected chi connectivity index (χ1v) is 8.08. The summed E-state index contributed by atoms with van der Waals surface area (Å²) in [6.07, 6.45) is 3.26. The van der Waals surface area contributed by atoms with E-state index in [1.54, 1.807) is 17.2 Å². The molecule has 0 N–H and O–H groups in total. The summed E-state index contributed by atoms with van der Waals surface area (Å²) >= 11 is 6.16. The molecule has 0 atom stereocenters. The number of hydrogen-bond acceptors (Lipinski definition) is 4. The Bertz CT molecular complexity index is 708. The molecule has 0 aromatic heterocycles. The second kappa shape index (κ2) is 6.54. The van der Waals surface area contributed by atoms with Crippen molar-refractivity contribution in [2.24, 2.45) is 15.9 Å². The molecule has 6 heteroatoms. The highest BCUT2D eigenvalue weighted by molar-refractivity contribution is 6.33. The normalized spacial score (nSPS) is 17.8. The minimum absolute atomic E-state index is 0.0624. The molecule has 0 spiro atoms. The quantitative estimate of drug-likeness (QED) is 0.797. The van der Waals surface area contributed by atoms with Crippen LogP contribution >= 0.6 is 11.6 Å². The standard InChI is InChI=1S/C17H19ClN4O/c1-12(2)11-22-15(9-16(23)21-8-7-19-17(21)22)20-10-13-5-3-4-6-14(13)18/h3-6,9-10,12H,7-8,11H2,1-2H3. The number of halogens is 1. The monoisotopic (exact) mass is 330 g/mol. The molecule has 1 aromatic carbocycles. The van der Waals surface area contributed by atoms with Crippen LogP contribution in [0.15, 0.2) is 46.1 Å². The molecule has 0 unspecified atom stereocenters. The van der Waals surface area contributed by atoms with E-state index in [1.807, 2.05) is 29.2 Å². The maximum atomic E-state index is 12.2. The van der Waals surface area contributed by atoms with Crippen molar-refractivity contribution in [3.63, 3.8) is 0 Å². The van der Waals surface area contributed by atoms with Gasteiger partial charge in [0.25, 0.3) is 5.91 Å². The second-order valence-electron chi connectivity index (χ2n) is 5.96. The number of benzene rings is 1. The molecule has 0 bridgehead atoms. The Hall–Kier alpha value is -2.14. The molecule has 2 heterocycles. The summed E-state index contributed by atoms with van der Waals surface area (Å²) < 4.78 is 0. The van der Waals surface area contributed by atoms with Gasteiger partial charge in [0.1, 0.15) is 5.82 Å². The average molecular weight is 331 g/mol. The van der Waals surface area contributed by atoms with Gasteiger partial charge in [-0.2, -0.15) is 0 Å². The fraction of sp³-hybridized carbons (Fsp3) is 0.353. The van der Waals surface area contributed by atoms with Gasteiger partial charge >= 0.3 is 0 Å². The number of fused-ring (bicyclic) bond motifs is 1. The number of carbonyl (C=O) groups excluding carboxylic acids is 1. The first-order chi connectivity index (χ1) is 11.1. The lowest BCUT2D eigenvalue weighted by molar-refractivity contribution is -0.123. The van der Waals surface area contributed by atoms with E-state index in [-0.39, 0.29) is 5.91 Å². The van der Waals surface area contributed by atoms with E-state index in [1.165, 1.54) is 0 Å². The number of aliphatic imine (C=N–C) groups is 2. The summed E-state index contributed by atoms with van der Waals surface area (Å²) in [6, 6.07) is 7.49. The molecule has 0 aliphatic carbocycles. The van der Waals surface area contributed by atoms with E-state index in [0.29, 0.717) is 35.8 Å². The van der Waals surface area contributed by atoms with Gasteiger partial charge in [-0.3, -0.25) is 19.6 Å². The summed E-state index contributed by atoms with van der Waals surface area (Å²) in [6.45, 7) is 6.30. The predicted octanol–water partition coefficient (Wildman–Crippen LogP) is 2.77. The molecule has 0 radical (unpaired) electrons. The molecule has 2 aliphatic heterocycles. The molecule has 5 nitrogen and oxygen atoms in total. The Labute approximate surface area is 141 Å². The SMILES string of the molecule is CC(C)CN1C(N=Cc2ccccc2Cl)=CC(=O)N2CCN=C21. The molecule has 0 saturated carbocycles. The van der Waals surface area contributed by atoms with Crippen LogP contribution in [0, 0.1) is 5.92 Å². The largest absolute Gasteiger partial charge is 0.296 e. The van der Waals surface area contributed by atoms with E-state index in [4.69, 9.17) is 11.6 Å². The summed E-state index contributed by atoms with van der Waals surface area (Å²) in [7, 11) is 0. The molecule has 0 saturated heterocycles. The highest BCUT2D eigenvalue weighted by Crippen LogP contribution is 2.22. The van der Waals surface area contributed by atoms with E-state index in [2.05, 4.69) is 23.8 Å². The lowest BCUT2D eigenvalue weighted by Crippen LogP contribution is -2.48. The van der Waals surface area contributed by atoms with E-state index in [0.717, 1.165) is 12.1 Å². The Morgan fingerprint density at radius 2 is 2.17 bits per heavy atom. The van der Waals surface area contributed by atoms with Gasteiger partial charge in [-0.25, -0.2) is 4.99 Å². The van der Waals surface area contributed by atoms with Gasteiger partial charge in [0.05, 0.1) is 6.54 Å². The zero-order valence-corrected chi connectivity index (χ0v) is 14.0. The smallest absolute Gasteiger partial charge is 0.257 e. The van der Waals surface area contributed by atoms with Crippen LogP contribution in [0.5, 0.6) is 0 Å². The first-order valence-electron chi connectivity index (χ1n) is 7.70. The van der Waals surface area contributed by atoms with Crippen molar-refractivity contribution >= 4 is 29.7 Å². The van der Waals surface area contributed by atoms with E-state index >= 15 is 0 Å². The number of hydrogen-bond donors (Lipinski definition) is 0. The number of rotatable bonds is 4. The fourth-order valence-electron chi connectivity index (χ4n) is 2.61. The van der Waals surface area contributed by atoms with Crippen LogP contribution < -0.4 is 0 Å². The van der Waals surface area contributed by atoms with Crippen molar-refractivity contribution in [2.45, 2.75) is 13.8 Å². The molecule has 1 amide bonds. The van der Waals surface area contributed by atoms with Gasteiger partial charge in [-0.05, 0) is 12.0 Å². The van der Waals surface area contributed by atoms with Crippen LogP contribution in [-0.4, -0.2) is 47.5 Å². The third kappa shape index (κ3) is 3.29. The Morgan fingerprint density at radius 3 is 2.91 bits per heavy atom. The lowest BCUT2D eigenvalue weighted by atomic mass is 10.2. The summed E-state index contributed by atoms with van der Waals surface area (Å²) in [5.74, 6) is 1.68. The zero-order chi connectivity index (χ0) is 16.4. The first kappa shape index (κ1) is 15.7. The second-order valence-corrected chi connectivity index (χ2v) is 6.37. The average Bonchev–Trinajstić information content (AvgIpc) is 2.99. The minimum atomic E-state index is -0.0624. The molecule has 1 aromatic rings. The maximum Gasteiger partial charge on any atom is 0.257 e. The summed E-state index contributed by atoms with van der Waals surface area (Å²) in [5.41, 5.74) is 0.822. The third-order valence-electron chi connectivity index (χ3n) is 3.64.